The van der Waals surface area contributed by atoms with Crippen LogP contribution >= 0.6 is 0 Å². The summed E-state index contributed by atoms with van der Waals surface area (Å²) in [4.78, 5) is 6.81. The highest BCUT2D eigenvalue weighted by Gasteiger charge is 2.14. The van der Waals surface area contributed by atoms with Gasteiger partial charge >= 0.3 is 0 Å². The molecule has 0 saturated carbocycles. The molecular formula is C15H21N3O. The molecule has 4 heteroatoms. The minimum atomic E-state index is 0.258. The van der Waals surface area contributed by atoms with Crippen LogP contribution in [0.3, 0.4) is 0 Å². The number of anilines is 1. The maximum Gasteiger partial charge on any atom is 0.136 e. The minimum absolute atomic E-state index is 0.258. The summed E-state index contributed by atoms with van der Waals surface area (Å²) >= 11 is 0. The third-order valence-electron chi connectivity index (χ3n) is 3.39. The Morgan fingerprint density at radius 3 is 2.79 bits per heavy atom. The third kappa shape index (κ3) is 2.85. The van der Waals surface area contributed by atoms with Crippen LogP contribution in [0.5, 0.6) is 0 Å². The highest BCUT2D eigenvalue weighted by Crippen LogP contribution is 2.26. The summed E-state index contributed by atoms with van der Waals surface area (Å²) < 4.78 is 5.22. The fourth-order valence-corrected chi connectivity index (χ4v) is 2.17. The van der Waals surface area contributed by atoms with Crippen molar-refractivity contribution in [2.45, 2.75) is 19.5 Å². The van der Waals surface area contributed by atoms with Crippen molar-refractivity contribution in [2.24, 2.45) is 5.73 Å². The number of hydrogen-bond acceptors (Lipinski definition) is 4. The van der Waals surface area contributed by atoms with E-state index in [2.05, 4.69) is 28.9 Å². The standard InChI is InChI=1S/C15H21N3O/c1-11(10-19-3)18(2)15-14-7-5-4-6-12(14)8-13(9-16)17-15/h4-8,11H,9-10,16H2,1-3H3. The average molecular weight is 259 g/mol. The maximum atomic E-state index is 5.74. The smallest absolute Gasteiger partial charge is 0.136 e. The molecule has 0 radical (unpaired) electrons. The molecule has 0 spiro atoms. The van der Waals surface area contributed by atoms with E-state index in [-0.39, 0.29) is 6.04 Å². The number of nitrogens with zero attached hydrogens (tertiary/aromatic N) is 2. The Bertz CT molecular complexity index is 556. The van der Waals surface area contributed by atoms with Gasteiger partial charge in [-0.1, -0.05) is 24.3 Å². The second-order valence-electron chi connectivity index (χ2n) is 4.78. The summed E-state index contributed by atoms with van der Waals surface area (Å²) in [6.45, 7) is 3.23. The lowest BCUT2D eigenvalue weighted by Crippen LogP contribution is -2.33. The van der Waals surface area contributed by atoms with Crippen LogP contribution in [0.15, 0.2) is 30.3 Å². The van der Waals surface area contributed by atoms with Gasteiger partial charge in [-0.15, -0.1) is 0 Å². The van der Waals surface area contributed by atoms with Crippen molar-refractivity contribution in [3.05, 3.63) is 36.0 Å². The van der Waals surface area contributed by atoms with Crippen molar-refractivity contribution in [1.82, 2.24) is 4.98 Å². The first kappa shape index (κ1) is 13.8. The van der Waals surface area contributed by atoms with Crippen LogP contribution in [0.4, 0.5) is 5.82 Å². The Hall–Kier alpha value is -1.65. The molecule has 2 N–H and O–H groups in total. The molecule has 1 heterocycles. The zero-order chi connectivity index (χ0) is 13.8. The maximum absolute atomic E-state index is 5.74. The van der Waals surface area contributed by atoms with E-state index in [9.17, 15) is 0 Å². The Morgan fingerprint density at radius 1 is 1.37 bits per heavy atom. The van der Waals surface area contributed by atoms with E-state index >= 15 is 0 Å². The first-order valence-corrected chi connectivity index (χ1v) is 6.48. The molecule has 0 fully saturated rings. The number of fused-ring (bicyclic) bond motifs is 1. The molecule has 19 heavy (non-hydrogen) atoms. The second-order valence-corrected chi connectivity index (χ2v) is 4.78. The topological polar surface area (TPSA) is 51.4 Å². The lowest BCUT2D eigenvalue weighted by atomic mass is 10.1. The molecule has 2 aromatic rings. The Morgan fingerprint density at radius 2 is 2.11 bits per heavy atom. The summed E-state index contributed by atoms with van der Waals surface area (Å²) in [5, 5.41) is 2.31. The van der Waals surface area contributed by atoms with Gasteiger partial charge < -0.3 is 15.4 Å². The van der Waals surface area contributed by atoms with Crippen molar-refractivity contribution in [1.29, 1.82) is 0 Å². The molecule has 0 aliphatic rings. The number of aromatic nitrogens is 1. The van der Waals surface area contributed by atoms with E-state index in [1.165, 1.54) is 5.39 Å². The number of hydrogen-bond donors (Lipinski definition) is 1. The van der Waals surface area contributed by atoms with Gasteiger partial charge in [-0.25, -0.2) is 4.98 Å². The predicted molar refractivity (Wildman–Crippen MR) is 79.4 cm³/mol. The first-order valence-electron chi connectivity index (χ1n) is 6.48. The summed E-state index contributed by atoms with van der Waals surface area (Å²) in [5.41, 5.74) is 6.65. The zero-order valence-corrected chi connectivity index (χ0v) is 11.8. The summed E-state index contributed by atoms with van der Waals surface area (Å²) in [6, 6.07) is 10.6. The number of methoxy groups -OCH3 is 1. The van der Waals surface area contributed by atoms with Crippen molar-refractivity contribution in [3.63, 3.8) is 0 Å². The highest BCUT2D eigenvalue weighted by atomic mass is 16.5. The molecule has 0 bridgehead atoms. The monoisotopic (exact) mass is 259 g/mol. The number of benzene rings is 1. The normalized spacial score (nSPS) is 12.6. The number of pyridine rings is 1. The van der Waals surface area contributed by atoms with Crippen molar-refractivity contribution in [2.75, 3.05) is 25.7 Å². The second kappa shape index (κ2) is 5.99. The average Bonchev–Trinajstić information content (AvgIpc) is 2.45. The van der Waals surface area contributed by atoms with Gasteiger partial charge in [0.1, 0.15) is 5.82 Å². The Labute approximate surface area is 114 Å². The van der Waals surface area contributed by atoms with Crippen molar-refractivity contribution >= 4 is 16.6 Å². The molecule has 2 rings (SSSR count). The van der Waals surface area contributed by atoms with Crippen molar-refractivity contribution in [3.8, 4) is 0 Å². The summed E-state index contributed by atoms with van der Waals surface area (Å²) in [6.07, 6.45) is 0. The first-order chi connectivity index (χ1) is 9.17. The van der Waals surface area contributed by atoms with Crippen LogP contribution in [-0.4, -0.2) is 31.8 Å². The zero-order valence-electron chi connectivity index (χ0n) is 11.8. The predicted octanol–water partition coefficient (Wildman–Crippen LogP) is 2.16. The van der Waals surface area contributed by atoms with E-state index in [0.29, 0.717) is 13.2 Å². The van der Waals surface area contributed by atoms with Gasteiger partial charge in [0.25, 0.3) is 0 Å². The number of nitrogens with two attached hydrogens (primary N) is 1. The molecule has 0 aliphatic carbocycles. The van der Waals surface area contributed by atoms with Gasteiger partial charge in [0, 0.05) is 26.1 Å². The van der Waals surface area contributed by atoms with E-state index in [1.807, 2.05) is 25.2 Å². The lowest BCUT2D eigenvalue weighted by molar-refractivity contribution is 0.183. The molecule has 0 amide bonds. The van der Waals surface area contributed by atoms with Gasteiger partial charge in [0.05, 0.1) is 18.3 Å². The molecule has 0 aliphatic heterocycles. The van der Waals surface area contributed by atoms with Crippen LogP contribution < -0.4 is 10.6 Å². The quantitative estimate of drug-likeness (QED) is 0.894. The van der Waals surface area contributed by atoms with Crippen LogP contribution in [0.1, 0.15) is 12.6 Å². The van der Waals surface area contributed by atoms with Crippen LogP contribution in [-0.2, 0) is 11.3 Å². The fraction of sp³-hybridized carbons (Fsp3) is 0.400. The molecule has 4 nitrogen and oxygen atoms in total. The molecular weight excluding hydrogens is 238 g/mol. The molecule has 1 aromatic heterocycles. The van der Waals surface area contributed by atoms with Crippen molar-refractivity contribution < 1.29 is 4.74 Å². The summed E-state index contributed by atoms with van der Waals surface area (Å²) in [7, 11) is 3.75. The van der Waals surface area contributed by atoms with Gasteiger partial charge in [-0.3, -0.25) is 0 Å². The molecule has 0 saturated heterocycles. The largest absolute Gasteiger partial charge is 0.383 e. The van der Waals surface area contributed by atoms with E-state index in [1.54, 1.807) is 7.11 Å². The van der Waals surface area contributed by atoms with Crippen LogP contribution in [0, 0.1) is 0 Å². The van der Waals surface area contributed by atoms with Gasteiger partial charge in [0.2, 0.25) is 0 Å². The fourth-order valence-electron chi connectivity index (χ4n) is 2.17. The molecule has 1 atom stereocenters. The molecule has 102 valence electrons. The number of rotatable bonds is 5. The van der Waals surface area contributed by atoms with Gasteiger partial charge in [0.15, 0.2) is 0 Å². The van der Waals surface area contributed by atoms with Gasteiger partial charge in [-0.2, -0.15) is 0 Å². The molecule has 1 aromatic carbocycles. The van der Waals surface area contributed by atoms with Crippen LogP contribution in [0.2, 0.25) is 0 Å². The van der Waals surface area contributed by atoms with E-state index in [4.69, 9.17) is 10.5 Å². The number of ether oxygens (including phenoxy) is 1. The SMILES string of the molecule is COCC(C)N(C)c1nc(CN)cc2ccccc12. The Kier molecular flexibility index (Phi) is 4.35. The summed E-state index contributed by atoms with van der Waals surface area (Å²) in [5.74, 6) is 0.961. The van der Waals surface area contributed by atoms with E-state index in [0.717, 1.165) is 16.9 Å². The highest BCUT2D eigenvalue weighted by molar-refractivity contribution is 5.92. The third-order valence-corrected chi connectivity index (χ3v) is 3.39. The van der Waals surface area contributed by atoms with Crippen LogP contribution in [0.25, 0.3) is 10.8 Å². The minimum Gasteiger partial charge on any atom is -0.383 e. The molecule has 1 unspecified atom stereocenters. The lowest BCUT2D eigenvalue weighted by Gasteiger charge is -2.27. The Balaban J connectivity index is 2.51. The van der Waals surface area contributed by atoms with E-state index < -0.39 is 0 Å². The van der Waals surface area contributed by atoms with Gasteiger partial charge in [-0.05, 0) is 18.4 Å². The number of likely N-dealkylation sites (N-methyl/N-ethyl adjacent to an activating group) is 1.